The second-order valence-electron chi connectivity index (χ2n) is 8.13. The number of carboxylic acid groups (broad SMARTS) is 1. The van der Waals surface area contributed by atoms with Crippen LogP contribution >= 0.6 is 0 Å². The number of benzene rings is 1. The van der Waals surface area contributed by atoms with Gasteiger partial charge >= 0.3 is 11.5 Å². The fraction of sp³-hybridized carbons (Fsp3) is 0.391. The van der Waals surface area contributed by atoms with Crippen molar-refractivity contribution in [1.82, 2.24) is 18.9 Å². The number of nitrogens with zero attached hydrogens (tertiary/aromatic N) is 4. The van der Waals surface area contributed by atoms with Gasteiger partial charge in [0.05, 0.1) is 0 Å². The number of amides is 1. The molecule has 2 aromatic heterocycles. The smallest absolute Gasteiger partial charge is 0.358 e. The molecule has 4 rings (SSSR count). The van der Waals surface area contributed by atoms with Gasteiger partial charge in [-0.05, 0) is 38.7 Å². The summed E-state index contributed by atoms with van der Waals surface area (Å²) in [7, 11) is 0. The minimum Gasteiger partial charge on any atom is -0.481 e. The van der Waals surface area contributed by atoms with Crippen LogP contribution in [0, 0.1) is 6.92 Å². The van der Waals surface area contributed by atoms with Gasteiger partial charge < -0.3 is 19.3 Å². The fourth-order valence-electron chi connectivity index (χ4n) is 4.12. The molecule has 0 aliphatic carbocycles. The number of imidazole rings is 1. The van der Waals surface area contributed by atoms with Crippen LogP contribution in [0.4, 0.5) is 0 Å². The molecule has 9 heteroatoms. The molecule has 1 atom stereocenters. The zero-order chi connectivity index (χ0) is 22.8. The molecule has 0 bridgehead atoms. The average molecular weight is 438 g/mol. The average Bonchev–Trinajstić information content (AvgIpc) is 3.09. The topological polar surface area (TPSA) is 106 Å². The van der Waals surface area contributed by atoms with Crippen molar-refractivity contribution in [2.45, 2.75) is 52.3 Å². The van der Waals surface area contributed by atoms with E-state index in [0.29, 0.717) is 12.2 Å². The predicted molar refractivity (Wildman–Crippen MR) is 117 cm³/mol. The standard InChI is InChI=1S/C23H26N4O5/c1-15-8-6-7-11-25(15)18(28)13-26-16(2)12-27-21(29)20(19(22(30)31)24-23(26)27)32-14-17-9-4-3-5-10-17/h3-5,9-10,12,15H,6-8,11,13-14H2,1-2H3,(H,30,31). The molecule has 1 fully saturated rings. The minimum atomic E-state index is -1.37. The highest BCUT2D eigenvalue weighted by atomic mass is 16.5. The molecule has 0 spiro atoms. The quantitative estimate of drug-likeness (QED) is 0.634. The van der Waals surface area contributed by atoms with Gasteiger partial charge in [-0.15, -0.1) is 0 Å². The molecule has 0 saturated carbocycles. The van der Waals surface area contributed by atoms with E-state index in [0.717, 1.165) is 24.8 Å². The number of ether oxygens (including phenoxy) is 1. The Morgan fingerprint density at radius 2 is 1.97 bits per heavy atom. The van der Waals surface area contributed by atoms with Crippen LogP contribution in [-0.2, 0) is 17.9 Å². The number of hydrogen-bond acceptors (Lipinski definition) is 5. The van der Waals surface area contributed by atoms with E-state index < -0.39 is 17.2 Å². The molecule has 168 valence electrons. The van der Waals surface area contributed by atoms with E-state index in [9.17, 15) is 19.5 Å². The summed E-state index contributed by atoms with van der Waals surface area (Å²) in [5.74, 6) is -1.66. The molecule has 1 unspecified atom stereocenters. The molecule has 1 aliphatic heterocycles. The van der Waals surface area contributed by atoms with Crippen LogP contribution < -0.4 is 10.3 Å². The lowest BCUT2D eigenvalue weighted by Gasteiger charge is -2.33. The van der Waals surface area contributed by atoms with Crippen LogP contribution in [0.5, 0.6) is 5.75 Å². The Bertz CT molecular complexity index is 1210. The number of carbonyl (C=O) groups excluding carboxylic acids is 1. The molecule has 1 N–H and O–H groups in total. The van der Waals surface area contributed by atoms with E-state index in [2.05, 4.69) is 4.98 Å². The third-order valence-electron chi connectivity index (χ3n) is 5.88. The maximum atomic E-state index is 13.1. The Kier molecular flexibility index (Phi) is 5.98. The number of aromatic nitrogens is 3. The molecule has 0 radical (unpaired) electrons. The number of aromatic carboxylic acids is 1. The Hall–Kier alpha value is -3.62. The Morgan fingerprint density at radius 3 is 2.66 bits per heavy atom. The highest BCUT2D eigenvalue weighted by Crippen LogP contribution is 2.20. The van der Waals surface area contributed by atoms with Crippen LogP contribution in [0.3, 0.4) is 0 Å². The summed E-state index contributed by atoms with van der Waals surface area (Å²) < 4.78 is 8.43. The van der Waals surface area contributed by atoms with Gasteiger partial charge in [-0.3, -0.25) is 9.59 Å². The third-order valence-corrected chi connectivity index (χ3v) is 5.88. The number of hydrogen-bond donors (Lipinski definition) is 1. The van der Waals surface area contributed by atoms with E-state index in [1.165, 1.54) is 4.40 Å². The van der Waals surface area contributed by atoms with E-state index in [1.54, 1.807) is 17.7 Å². The number of piperidine rings is 1. The predicted octanol–water partition coefficient (Wildman–Crippen LogP) is 2.48. The first-order valence-electron chi connectivity index (χ1n) is 10.7. The number of fused-ring (bicyclic) bond motifs is 1. The van der Waals surface area contributed by atoms with Gasteiger partial charge in [0.1, 0.15) is 13.2 Å². The largest absolute Gasteiger partial charge is 0.481 e. The van der Waals surface area contributed by atoms with Crippen LogP contribution in [0.1, 0.15) is 47.9 Å². The summed E-state index contributed by atoms with van der Waals surface area (Å²) in [4.78, 5) is 44.0. The van der Waals surface area contributed by atoms with Crippen molar-refractivity contribution in [3.8, 4) is 5.75 Å². The summed E-state index contributed by atoms with van der Waals surface area (Å²) in [6.45, 7) is 4.51. The molecule has 1 saturated heterocycles. The maximum absolute atomic E-state index is 13.1. The zero-order valence-electron chi connectivity index (χ0n) is 18.2. The SMILES string of the molecule is Cc1cn2c(=O)c(OCc3ccccc3)c(C(=O)O)nc2n1CC(=O)N1CCCCC1C. The van der Waals surface area contributed by atoms with E-state index in [4.69, 9.17) is 4.74 Å². The molecule has 1 aromatic carbocycles. The first-order valence-corrected chi connectivity index (χ1v) is 10.7. The number of likely N-dealkylation sites (tertiary alicyclic amines) is 1. The van der Waals surface area contributed by atoms with Gasteiger partial charge in [-0.2, -0.15) is 0 Å². The van der Waals surface area contributed by atoms with Crippen molar-refractivity contribution in [2.24, 2.45) is 0 Å². The first kappa shape index (κ1) is 21.6. The molecule has 32 heavy (non-hydrogen) atoms. The van der Waals surface area contributed by atoms with E-state index in [-0.39, 0.29) is 36.6 Å². The number of rotatable bonds is 6. The van der Waals surface area contributed by atoms with Gasteiger partial charge in [-0.1, -0.05) is 30.3 Å². The molecule has 3 aromatic rings. The molecular formula is C23H26N4O5. The van der Waals surface area contributed by atoms with Crippen molar-refractivity contribution in [2.75, 3.05) is 6.54 Å². The van der Waals surface area contributed by atoms with Crippen molar-refractivity contribution in [3.63, 3.8) is 0 Å². The fourth-order valence-corrected chi connectivity index (χ4v) is 4.12. The first-order chi connectivity index (χ1) is 15.4. The van der Waals surface area contributed by atoms with Crippen LogP contribution in [0.2, 0.25) is 0 Å². The van der Waals surface area contributed by atoms with Gasteiger partial charge in [0, 0.05) is 24.5 Å². The third kappa shape index (κ3) is 4.10. The van der Waals surface area contributed by atoms with Crippen LogP contribution in [-0.4, -0.2) is 48.4 Å². The normalized spacial score (nSPS) is 16.3. The lowest BCUT2D eigenvalue weighted by Crippen LogP contribution is -2.43. The summed E-state index contributed by atoms with van der Waals surface area (Å²) in [5, 5.41) is 9.69. The molecule has 3 heterocycles. The summed E-state index contributed by atoms with van der Waals surface area (Å²) in [6, 6.07) is 9.30. The number of aryl methyl sites for hydroxylation is 1. The second-order valence-corrected chi connectivity index (χ2v) is 8.13. The molecule has 9 nitrogen and oxygen atoms in total. The minimum absolute atomic E-state index is 0.0115. The Balaban J connectivity index is 1.70. The monoisotopic (exact) mass is 438 g/mol. The number of carboxylic acids is 1. The summed E-state index contributed by atoms with van der Waals surface area (Å²) >= 11 is 0. The molecular weight excluding hydrogens is 412 g/mol. The highest BCUT2D eigenvalue weighted by molar-refractivity contribution is 5.89. The summed E-state index contributed by atoms with van der Waals surface area (Å²) in [5.41, 5.74) is 0.334. The lowest BCUT2D eigenvalue weighted by molar-refractivity contribution is -0.135. The van der Waals surface area contributed by atoms with Crippen molar-refractivity contribution >= 4 is 17.7 Å². The van der Waals surface area contributed by atoms with Gasteiger partial charge in [0.2, 0.25) is 17.4 Å². The molecule has 1 amide bonds. The zero-order valence-corrected chi connectivity index (χ0v) is 18.2. The van der Waals surface area contributed by atoms with Crippen LogP contribution in [0.15, 0.2) is 41.3 Å². The van der Waals surface area contributed by atoms with Gasteiger partial charge in [-0.25, -0.2) is 14.2 Å². The van der Waals surface area contributed by atoms with E-state index >= 15 is 0 Å². The summed E-state index contributed by atoms with van der Waals surface area (Å²) in [6.07, 6.45) is 4.57. The van der Waals surface area contributed by atoms with Crippen molar-refractivity contribution < 1.29 is 19.4 Å². The van der Waals surface area contributed by atoms with Gasteiger partial charge in [0.25, 0.3) is 0 Å². The number of carbonyl (C=O) groups is 2. The lowest BCUT2D eigenvalue weighted by atomic mass is 10.0. The Labute approximate surface area is 184 Å². The van der Waals surface area contributed by atoms with Gasteiger partial charge in [0.15, 0.2) is 5.69 Å². The maximum Gasteiger partial charge on any atom is 0.358 e. The second kappa shape index (κ2) is 8.86. The van der Waals surface area contributed by atoms with Crippen molar-refractivity contribution in [3.05, 3.63) is 63.8 Å². The molecule has 1 aliphatic rings. The van der Waals surface area contributed by atoms with Crippen LogP contribution in [0.25, 0.3) is 5.78 Å². The van der Waals surface area contributed by atoms with E-state index in [1.807, 2.05) is 42.2 Å². The van der Waals surface area contributed by atoms with Crippen molar-refractivity contribution in [1.29, 1.82) is 0 Å². The Morgan fingerprint density at radius 1 is 1.22 bits per heavy atom. The highest BCUT2D eigenvalue weighted by Gasteiger charge is 2.26.